The molecule has 2 N–H and O–H groups in total. The van der Waals surface area contributed by atoms with Crippen molar-refractivity contribution in [2.45, 2.75) is 19.9 Å². The summed E-state index contributed by atoms with van der Waals surface area (Å²) in [4.78, 5) is 12.1. The SMILES string of the molecule is Cc1cc(NC(=O)N[C@H](C)c2ccc3c(c2)OCO3)n(C)n1. The van der Waals surface area contributed by atoms with Crippen LogP contribution in [0.1, 0.15) is 24.2 Å². The first-order chi connectivity index (χ1) is 10.5. The van der Waals surface area contributed by atoms with Gasteiger partial charge in [-0.2, -0.15) is 5.10 Å². The highest BCUT2D eigenvalue weighted by atomic mass is 16.7. The van der Waals surface area contributed by atoms with E-state index in [1.807, 2.05) is 38.1 Å². The van der Waals surface area contributed by atoms with Crippen LogP contribution in [0, 0.1) is 6.92 Å². The second kappa shape index (κ2) is 5.59. The molecule has 3 rings (SSSR count). The number of amides is 2. The Morgan fingerprint density at radius 1 is 1.32 bits per heavy atom. The molecule has 0 spiro atoms. The van der Waals surface area contributed by atoms with Crippen molar-refractivity contribution in [2.24, 2.45) is 7.05 Å². The summed E-state index contributed by atoms with van der Waals surface area (Å²) >= 11 is 0. The number of rotatable bonds is 3. The first-order valence-electron chi connectivity index (χ1n) is 7.00. The minimum absolute atomic E-state index is 0.163. The van der Waals surface area contributed by atoms with Crippen molar-refractivity contribution in [3.8, 4) is 11.5 Å². The van der Waals surface area contributed by atoms with E-state index in [0.29, 0.717) is 11.6 Å². The van der Waals surface area contributed by atoms with Crippen molar-refractivity contribution in [3.63, 3.8) is 0 Å². The molecule has 0 unspecified atom stereocenters. The molecule has 0 bridgehead atoms. The monoisotopic (exact) mass is 302 g/mol. The van der Waals surface area contributed by atoms with Crippen molar-refractivity contribution in [1.82, 2.24) is 15.1 Å². The van der Waals surface area contributed by atoms with Crippen molar-refractivity contribution >= 4 is 11.8 Å². The number of anilines is 1. The number of hydrogen-bond donors (Lipinski definition) is 2. The summed E-state index contributed by atoms with van der Waals surface area (Å²) in [7, 11) is 1.78. The summed E-state index contributed by atoms with van der Waals surface area (Å²) in [5.74, 6) is 2.08. The highest BCUT2D eigenvalue weighted by Crippen LogP contribution is 2.34. The Morgan fingerprint density at radius 2 is 2.09 bits per heavy atom. The number of benzene rings is 1. The second-order valence-electron chi connectivity index (χ2n) is 5.23. The van der Waals surface area contributed by atoms with Crippen LogP contribution in [-0.2, 0) is 7.05 Å². The smallest absolute Gasteiger partial charge is 0.320 e. The third-order valence-corrected chi connectivity index (χ3v) is 3.49. The molecule has 7 nitrogen and oxygen atoms in total. The van der Waals surface area contributed by atoms with E-state index in [9.17, 15) is 4.79 Å². The van der Waals surface area contributed by atoms with Gasteiger partial charge in [-0.15, -0.1) is 0 Å². The van der Waals surface area contributed by atoms with Gasteiger partial charge in [0.15, 0.2) is 11.5 Å². The summed E-state index contributed by atoms with van der Waals surface area (Å²) in [5.41, 5.74) is 1.79. The van der Waals surface area contributed by atoms with E-state index in [4.69, 9.17) is 9.47 Å². The predicted molar refractivity (Wildman–Crippen MR) is 81.1 cm³/mol. The number of nitrogens with zero attached hydrogens (tertiary/aromatic N) is 2. The molecule has 0 saturated heterocycles. The van der Waals surface area contributed by atoms with Gasteiger partial charge in [0.05, 0.1) is 11.7 Å². The van der Waals surface area contributed by atoms with Gasteiger partial charge in [-0.1, -0.05) is 6.07 Å². The lowest BCUT2D eigenvalue weighted by Gasteiger charge is -2.15. The topological polar surface area (TPSA) is 77.4 Å². The molecule has 116 valence electrons. The van der Waals surface area contributed by atoms with Crippen LogP contribution in [0.4, 0.5) is 10.6 Å². The molecule has 2 heterocycles. The quantitative estimate of drug-likeness (QED) is 0.912. The molecule has 22 heavy (non-hydrogen) atoms. The lowest BCUT2D eigenvalue weighted by Crippen LogP contribution is -2.31. The van der Waals surface area contributed by atoms with Gasteiger partial charge in [0.25, 0.3) is 0 Å². The van der Waals surface area contributed by atoms with Crippen molar-refractivity contribution in [3.05, 3.63) is 35.5 Å². The van der Waals surface area contributed by atoms with E-state index in [2.05, 4.69) is 15.7 Å². The Morgan fingerprint density at radius 3 is 2.82 bits per heavy atom. The molecule has 0 fully saturated rings. The molecule has 1 aromatic heterocycles. The van der Waals surface area contributed by atoms with Gasteiger partial charge < -0.3 is 14.8 Å². The lowest BCUT2D eigenvalue weighted by atomic mass is 10.1. The number of urea groups is 1. The molecule has 2 amide bonds. The van der Waals surface area contributed by atoms with Gasteiger partial charge in [0.2, 0.25) is 6.79 Å². The lowest BCUT2D eigenvalue weighted by molar-refractivity contribution is 0.174. The Labute approximate surface area is 128 Å². The number of carbonyl (C=O) groups is 1. The van der Waals surface area contributed by atoms with Gasteiger partial charge in [-0.3, -0.25) is 10.00 Å². The van der Waals surface area contributed by atoms with E-state index in [1.54, 1.807) is 11.7 Å². The van der Waals surface area contributed by atoms with Gasteiger partial charge >= 0.3 is 6.03 Å². The van der Waals surface area contributed by atoms with Gasteiger partial charge in [0, 0.05) is 13.1 Å². The van der Waals surface area contributed by atoms with E-state index in [1.165, 1.54) is 0 Å². The predicted octanol–water partition coefficient (Wildman–Crippen LogP) is 2.34. The maximum absolute atomic E-state index is 12.1. The van der Waals surface area contributed by atoms with Crippen molar-refractivity contribution in [2.75, 3.05) is 12.1 Å². The van der Waals surface area contributed by atoms with Gasteiger partial charge in [-0.25, -0.2) is 4.79 Å². The molecule has 1 aliphatic heterocycles. The minimum Gasteiger partial charge on any atom is -0.454 e. The van der Waals surface area contributed by atoms with Gasteiger partial charge in [0.1, 0.15) is 5.82 Å². The van der Waals surface area contributed by atoms with E-state index >= 15 is 0 Å². The Balaban J connectivity index is 1.65. The fourth-order valence-corrected chi connectivity index (χ4v) is 2.34. The molecular weight excluding hydrogens is 284 g/mol. The number of ether oxygens (including phenoxy) is 2. The summed E-state index contributed by atoms with van der Waals surface area (Å²) in [6.45, 7) is 4.02. The number of fused-ring (bicyclic) bond motifs is 1. The van der Waals surface area contributed by atoms with Crippen LogP contribution < -0.4 is 20.1 Å². The fraction of sp³-hybridized carbons (Fsp3) is 0.333. The average Bonchev–Trinajstić information content (AvgIpc) is 3.04. The third-order valence-electron chi connectivity index (χ3n) is 3.49. The number of carbonyl (C=O) groups excluding carboxylic acids is 1. The zero-order valence-corrected chi connectivity index (χ0v) is 12.7. The maximum atomic E-state index is 12.1. The van der Waals surface area contributed by atoms with E-state index in [-0.39, 0.29) is 18.9 Å². The molecule has 0 saturated carbocycles. The van der Waals surface area contributed by atoms with Crippen molar-refractivity contribution < 1.29 is 14.3 Å². The van der Waals surface area contributed by atoms with Crippen LogP contribution in [0.2, 0.25) is 0 Å². The highest BCUT2D eigenvalue weighted by Gasteiger charge is 2.17. The average molecular weight is 302 g/mol. The van der Waals surface area contributed by atoms with Crippen LogP contribution in [0.3, 0.4) is 0 Å². The molecule has 0 aliphatic carbocycles. The first-order valence-corrected chi connectivity index (χ1v) is 7.00. The van der Waals surface area contributed by atoms with Crippen molar-refractivity contribution in [1.29, 1.82) is 0 Å². The van der Waals surface area contributed by atoms with Gasteiger partial charge in [-0.05, 0) is 31.5 Å². The molecular formula is C15H18N4O3. The Bertz CT molecular complexity index is 711. The summed E-state index contributed by atoms with van der Waals surface area (Å²) < 4.78 is 12.2. The largest absolute Gasteiger partial charge is 0.454 e. The first kappa shape index (κ1) is 14.2. The number of hydrogen-bond acceptors (Lipinski definition) is 4. The standard InChI is InChI=1S/C15H18N4O3/c1-9-6-14(19(3)18-9)17-15(20)16-10(2)11-4-5-12-13(7-11)22-8-21-12/h4-7,10H,8H2,1-3H3,(H2,16,17,20)/t10-/m1/s1. The molecule has 7 heteroatoms. The summed E-state index contributed by atoms with van der Waals surface area (Å²) in [6.07, 6.45) is 0. The second-order valence-corrected chi connectivity index (χ2v) is 5.23. The Kier molecular flexibility index (Phi) is 3.62. The summed E-state index contributed by atoms with van der Waals surface area (Å²) in [6, 6.07) is 6.99. The van der Waals surface area contributed by atoms with E-state index in [0.717, 1.165) is 17.0 Å². The molecule has 1 aliphatic rings. The number of aromatic nitrogens is 2. The summed E-state index contributed by atoms with van der Waals surface area (Å²) in [5, 5.41) is 9.85. The molecule has 2 aromatic rings. The van der Waals surface area contributed by atoms with Crippen LogP contribution in [-0.4, -0.2) is 22.6 Å². The van der Waals surface area contributed by atoms with E-state index < -0.39 is 0 Å². The van der Waals surface area contributed by atoms with Crippen LogP contribution in [0.5, 0.6) is 11.5 Å². The minimum atomic E-state index is -0.284. The van der Waals surface area contributed by atoms with Crippen LogP contribution in [0.25, 0.3) is 0 Å². The number of nitrogens with one attached hydrogen (secondary N) is 2. The zero-order valence-electron chi connectivity index (χ0n) is 12.7. The highest BCUT2D eigenvalue weighted by molar-refractivity contribution is 5.88. The van der Waals surface area contributed by atoms with Crippen LogP contribution >= 0.6 is 0 Å². The molecule has 1 aromatic carbocycles. The zero-order chi connectivity index (χ0) is 15.7. The van der Waals surface area contributed by atoms with Crippen LogP contribution in [0.15, 0.2) is 24.3 Å². The third kappa shape index (κ3) is 2.83. The fourth-order valence-electron chi connectivity index (χ4n) is 2.34. The molecule has 1 atom stereocenters. The normalized spacial score (nSPS) is 13.8. The maximum Gasteiger partial charge on any atom is 0.320 e. The Hall–Kier alpha value is -2.70. The number of aryl methyl sites for hydroxylation is 2. The molecule has 0 radical (unpaired) electrons.